The standard InChI is InChI=1S/C24H18O/c1-2-6-22(25)16-13-14-21-19-10-4-8-15-7-3-9-18(23(15)19)20-12-5-11-17(16)24(20)21/h3-5,7-14H,2,6H2,1H3. The average molecular weight is 322 g/mol. The number of rotatable bonds is 3. The Kier molecular flexibility index (Phi) is 3.05. The van der Waals surface area contributed by atoms with Crippen molar-refractivity contribution in [3.63, 3.8) is 0 Å². The summed E-state index contributed by atoms with van der Waals surface area (Å²) in [4.78, 5) is 12.6. The average Bonchev–Trinajstić information content (AvgIpc) is 2.65. The molecule has 0 aliphatic carbocycles. The zero-order chi connectivity index (χ0) is 17.0. The van der Waals surface area contributed by atoms with Crippen molar-refractivity contribution in [1.29, 1.82) is 0 Å². The molecule has 5 aromatic rings. The fraction of sp³-hybridized carbons (Fsp3) is 0.125. The van der Waals surface area contributed by atoms with E-state index in [1.54, 1.807) is 0 Å². The van der Waals surface area contributed by atoms with Crippen LogP contribution in [0.2, 0.25) is 0 Å². The number of hydrogen-bond donors (Lipinski definition) is 0. The summed E-state index contributed by atoms with van der Waals surface area (Å²) in [5.41, 5.74) is 0.856. The smallest absolute Gasteiger partial charge is 0.163 e. The summed E-state index contributed by atoms with van der Waals surface area (Å²) in [6.07, 6.45) is 1.48. The van der Waals surface area contributed by atoms with Gasteiger partial charge < -0.3 is 0 Å². The molecule has 0 unspecified atom stereocenters. The molecule has 120 valence electrons. The number of benzene rings is 5. The molecule has 5 rings (SSSR count). The zero-order valence-corrected chi connectivity index (χ0v) is 14.2. The van der Waals surface area contributed by atoms with Crippen LogP contribution in [0.3, 0.4) is 0 Å². The first-order chi connectivity index (χ1) is 12.3. The first-order valence-corrected chi connectivity index (χ1v) is 8.91. The van der Waals surface area contributed by atoms with E-state index >= 15 is 0 Å². The molecule has 0 heterocycles. The topological polar surface area (TPSA) is 17.1 Å². The van der Waals surface area contributed by atoms with Crippen LogP contribution < -0.4 is 0 Å². The molecule has 1 heteroatoms. The molecule has 0 atom stereocenters. The van der Waals surface area contributed by atoms with Crippen molar-refractivity contribution in [3.05, 3.63) is 72.3 Å². The normalized spacial score (nSPS) is 11.9. The highest BCUT2D eigenvalue weighted by Gasteiger charge is 2.16. The van der Waals surface area contributed by atoms with E-state index in [-0.39, 0.29) is 5.78 Å². The van der Waals surface area contributed by atoms with Gasteiger partial charge in [-0.2, -0.15) is 0 Å². The Hall–Kier alpha value is -2.93. The van der Waals surface area contributed by atoms with Crippen molar-refractivity contribution >= 4 is 48.9 Å². The molecule has 1 nitrogen and oxygen atoms in total. The second-order valence-corrected chi connectivity index (χ2v) is 6.77. The van der Waals surface area contributed by atoms with Gasteiger partial charge in [0.15, 0.2) is 5.78 Å². The summed E-state index contributed by atoms with van der Waals surface area (Å²) in [7, 11) is 0. The molecule has 0 aliphatic heterocycles. The van der Waals surface area contributed by atoms with Crippen molar-refractivity contribution in [2.45, 2.75) is 19.8 Å². The predicted molar refractivity (Wildman–Crippen MR) is 107 cm³/mol. The largest absolute Gasteiger partial charge is 0.294 e. The van der Waals surface area contributed by atoms with Gasteiger partial charge in [0.2, 0.25) is 0 Å². The van der Waals surface area contributed by atoms with E-state index < -0.39 is 0 Å². The minimum absolute atomic E-state index is 0.239. The summed E-state index contributed by atoms with van der Waals surface area (Å²) in [5.74, 6) is 0.239. The molecule has 25 heavy (non-hydrogen) atoms. The molecule has 0 aromatic heterocycles. The monoisotopic (exact) mass is 322 g/mol. The van der Waals surface area contributed by atoms with E-state index in [1.165, 1.54) is 37.7 Å². The highest BCUT2D eigenvalue weighted by Crippen LogP contribution is 2.40. The fourth-order valence-electron chi connectivity index (χ4n) is 4.25. The van der Waals surface area contributed by atoms with Crippen LogP contribution in [-0.2, 0) is 0 Å². The molecule has 0 aliphatic rings. The molecule has 0 saturated heterocycles. The lowest BCUT2D eigenvalue weighted by atomic mass is 9.87. The van der Waals surface area contributed by atoms with E-state index in [2.05, 4.69) is 67.6 Å². The second kappa shape index (κ2) is 5.29. The van der Waals surface area contributed by atoms with Crippen molar-refractivity contribution in [2.75, 3.05) is 0 Å². The van der Waals surface area contributed by atoms with E-state index in [4.69, 9.17) is 0 Å². The van der Waals surface area contributed by atoms with Crippen molar-refractivity contribution < 1.29 is 4.79 Å². The molecule has 5 aromatic carbocycles. The number of carbonyl (C=O) groups excluding carboxylic acids is 1. The van der Waals surface area contributed by atoms with Gasteiger partial charge >= 0.3 is 0 Å². The zero-order valence-electron chi connectivity index (χ0n) is 14.2. The van der Waals surface area contributed by atoms with Crippen molar-refractivity contribution in [2.24, 2.45) is 0 Å². The lowest BCUT2D eigenvalue weighted by molar-refractivity contribution is 0.0983. The summed E-state index contributed by atoms with van der Waals surface area (Å²) >= 11 is 0. The van der Waals surface area contributed by atoms with Crippen LogP contribution in [0, 0.1) is 0 Å². The third kappa shape index (κ3) is 1.93. The predicted octanol–water partition coefficient (Wildman–Crippen LogP) is 6.72. The van der Waals surface area contributed by atoms with Gasteiger partial charge in [0, 0.05) is 12.0 Å². The van der Waals surface area contributed by atoms with Crippen LogP contribution in [0.25, 0.3) is 43.1 Å². The Morgan fingerprint density at radius 1 is 0.680 bits per heavy atom. The fourth-order valence-corrected chi connectivity index (χ4v) is 4.25. The molecule has 0 radical (unpaired) electrons. The van der Waals surface area contributed by atoms with Crippen LogP contribution in [-0.4, -0.2) is 5.78 Å². The Morgan fingerprint density at radius 3 is 1.92 bits per heavy atom. The number of ketones is 1. The summed E-state index contributed by atoms with van der Waals surface area (Å²) in [5, 5.41) is 9.90. The van der Waals surface area contributed by atoms with Gasteiger partial charge in [-0.3, -0.25) is 4.79 Å². The SMILES string of the molecule is CCCC(=O)c1ccc2c3cccc4cccc(c5cccc1c52)c43. The maximum absolute atomic E-state index is 12.6. The van der Waals surface area contributed by atoms with Gasteiger partial charge in [-0.15, -0.1) is 0 Å². The molecular formula is C24H18O. The number of fused-ring (bicyclic) bond motifs is 2. The minimum Gasteiger partial charge on any atom is -0.294 e. The summed E-state index contributed by atoms with van der Waals surface area (Å²) in [6, 6.07) is 23.5. The lowest BCUT2D eigenvalue weighted by Gasteiger charge is -2.15. The van der Waals surface area contributed by atoms with Gasteiger partial charge in [-0.05, 0) is 49.5 Å². The molecule has 0 bridgehead atoms. The van der Waals surface area contributed by atoms with E-state index in [1.807, 2.05) is 6.07 Å². The number of carbonyl (C=O) groups is 1. The van der Waals surface area contributed by atoms with Gasteiger partial charge in [-0.25, -0.2) is 0 Å². The van der Waals surface area contributed by atoms with E-state index in [0.717, 1.165) is 17.4 Å². The second-order valence-electron chi connectivity index (χ2n) is 6.77. The minimum atomic E-state index is 0.239. The number of hydrogen-bond acceptors (Lipinski definition) is 1. The first-order valence-electron chi connectivity index (χ1n) is 8.91. The van der Waals surface area contributed by atoms with Crippen molar-refractivity contribution in [1.82, 2.24) is 0 Å². The highest BCUT2D eigenvalue weighted by atomic mass is 16.1. The van der Waals surface area contributed by atoms with Crippen LogP contribution in [0.15, 0.2) is 66.7 Å². The molecule has 0 fully saturated rings. The van der Waals surface area contributed by atoms with Gasteiger partial charge in [0.05, 0.1) is 0 Å². The van der Waals surface area contributed by atoms with Gasteiger partial charge in [-0.1, -0.05) is 73.7 Å². The Balaban J connectivity index is 2.05. The molecule has 0 amide bonds. The van der Waals surface area contributed by atoms with Crippen LogP contribution >= 0.6 is 0 Å². The number of Topliss-reactive ketones (excluding diaryl/α,β-unsaturated/α-hetero) is 1. The van der Waals surface area contributed by atoms with Crippen LogP contribution in [0.4, 0.5) is 0 Å². The third-order valence-electron chi connectivity index (χ3n) is 5.30. The lowest BCUT2D eigenvalue weighted by Crippen LogP contribution is -2.00. The highest BCUT2D eigenvalue weighted by molar-refractivity contribution is 6.34. The third-order valence-corrected chi connectivity index (χ3v) is 5.30. The Labute approximate surface area is 146 Å². The quantitative estimate of drug-likeness (QED) is 0.205. The van der Waals surface area contributed by atoms with Crippen LogP contribution in [0.5, 0.6) is 0 Å². The van der Waals surface area contributed by atoms with Gasteiger partial charge in [0.25, 0.3) is 0 Å². The molecule has 0 N–H and O–H groups in total. The van der Waals surface area contributed by atoms with Crippen molar-refractivity contribution in [3.8, 4) is 0 Å². The summed E-state index contributed by atoms with van der Waals surface area (Å²) in [6.45, 7) is 2.06. The Bertz CT molecular complexity index is 1210. The molecular weight excluding hydrogens is 304 g/mol. The maximum Gasteiger partial charge on any atom is 0.163 e. The van der Waals surface area contributed by atoms with Crippen LogP contribution in [0.1, 0.15) is 30.1 Å². The first kappa shape index (κ1) is 14.4. The summed E-state index contributed by atoms with van der Waals surface area (Å²) < 4.78 is 0. The molecule has 0 spiro atoms. The van der Waals surface area contributed by atoms with E-state index in [9.17, 15) is 4.79 Å². The maximum atomic E-state index is 12.6. The molecule has 0 saturated carbocycles. The Morgan fingerprint density at radius 2 is 1.24 bits per heavy atom. The van der Waals surface area contributed by atoms with Gasteiger partial charge in [0.1, 0.15) is 0 Å². The van der Waals surface area contributed by atoms with E-state index in [0.29, 0.717) is 6.42 Å².